The lowest BCUT2D eigenvalue weighted by molar-refractivity contribution is 0.0875. The van der Waals surface area contributed by atoms with Gasteiger partial charge in [-0.2, -0.15) is 0 Å². The van der Waals surface area contributed by atoms with Crippen LogP contribution in [0.4, 0.5) is 0 Å². The van der Waals surface area contributed by atoms with Crippen LogP contribution < -0.4 is 10.2 Å². The molecule has 0 radical (unpaired) electrons. The van der Waals surface area contributed by atoms with Crippen molar-refractivity contribution in [1.29, 1.82) is 0 Å². The van der Waals surface area contributed by atoms with Gasteiger partial charge in [0.05, 0.1) is 5.56 Å². The van der Waals surface area contributed by atoms with E-state index >= 15 is 0 Å². The first-order valence-corrected chi connectivity index (χ1v) is 9.22. The molecule has 0 spiro atoms. The quantitative estimate of drug-likeness (QED) is 0.521. The molecule has 23 heavy (non-hydrogen) atoms. The summed E-state index contributed by atoms with van der Waals surface area (Å²) in [4.78, 5) is 12.5. The van der Waals surface area contributed by atoms with Crippen LogP contribution in [0.1, 0.15) is 90.9 Å². The van der Waals surface area contributed by atoms with E-state index in [1.165, 1.54) is 12.8 Å². The van der Waals surface area contributed by atoms with E-state index in [1.54, 1.807) is 6.07 Å². The van der Waals surface area contributed by atoms with Crippen LogP contribution in [0.5, 0.6) is 5.95 Å². The summed E-state index contributed by atoms with van der Waals surface area (Å²) in [5.74, 6) is 1.19. The van der Waals surface area contributed by atoms with E-state index in [2.05, 4.69) is 13.8 Å². The summed E-state index contributed by atoms with van der Waals surface area (Å²) in [7, 11) is 0. The molecular formula is C20H34O3. The van der Waals surface area contributed by atoms with Crippen LogP contribution >= 0.6 is 0 Å². The molecule has 0 N–H and O–H groups in total. The fourth-order valence-electron chi connectivity index (χ4n) is 2.53. The zero-order valence-corrected chi connectivity index (χ0v) is 15.7. The summed E-state index contributed by atoms with van der Waals surface area (Å²) < 4.78 is 11.9. The van der Waals surface area contributed by atoms with Crippen LogP contribution in [0.2, 0.25) is 0 Å². The third-order valence-corrected chi connectivity index (χ3v) is 3.77. The summed E-state index contributed by atoms with van der Waals surface area (Å²) in [5, 5.41) is 0. The Balaban J connectivity index is 2.94. The highest BCUT2D eigenvalue weighted by Crippen LogP contribution is 2.25. The van der Waals surface area contributed by atoms with Gasteiger partial charge >= 0.3 is 0 Å². The molecule has 132 valence electrons. The van der Waals surface area contributed by atoms with Crippen LogP contribution in [-0.4, -0.2) is 5.60 Å². The fourth-order valence-corrected chi connectivity index (χ4v) is 2.53. The van der Waals surface area contributed by atoms with Crippen molar-refractivity contribution in [3.8, 4) is 5.95 Å². The molecular weight excluding hydrogens is 288 g/mol. The first kappa shape index (κ1) is 19.8. The molecule has 0 unspecified atom stereocenters. The molecule has 1 rings (SSSR count). The summed E-state index contributed by atoms with van der Waals surface area (Å²) in [6, 6.07) is 1.67. The minimum absolute atomic E-state index is 0.0681. The van der Waals surface area contributed by atoms with Gasteiger partial charge in [-0.25, -0.2) is 0 Å². The topological polar surface area (TPSA) is 39.4 Å². The first-order chi connectivity index (χ1) is 10.9. The Hall–Kier alpha value is -1.25. The summed E-state index contributed by atoms with van der Waals surface area (Å²) in [5.41, 5.74) is 0.407. The predicted molar refractivity (Wildman–Crippen MR) is 96.4 cm³/mol. The Bertz CT molecular complexity index is 509. The van der Waals surface area contributed by atoms with Gasteiger partial charge in [0.2, 0.25) is 0 Å². The molecule has 0 aromatic carbocycles. The van der Waals surface area contributed by atoms with Crippen LogP contribution in [0.25, 0.3) is 0 Å². The largest absolute Gasteiger partial charge is 0.459 e. The van der Waals surface area contributed by atoms with E-state index in [1.807, 2.05) is 20.8 Å². The maximum Gasteiger partial charge on any atom is 0.292 e. The molecule has 1 heterocycles. The zero-order chi connectivity index (χ0) is 17.3. The Morgan fingerprint density at radius 1 is 0.957 bits per heavy atom. The lowest BCUT2D eigenvalue weighted by atomic mass is 10.1. The molecule has 0 saturated heterocycles. The third kappa shape index (κ3) is 7.71. The van der Waals surface area contributed by atoms with Gasteiger partial charge in [0, 0.05) is 12.5 Å². The molecule has 0 aliphatic heterocycles. The van der Waals surface area contributed by atoms with Crippen molar-refractivity contribution in [3.05, 3.63) is 27.6 Å². The molecule has 3 heteroatoms. The average molecular weight is 322 g/mol. The number of rotatable bonds is 10. The van der Waals surface area contributed by atoms with Gasteiger partial charge in [0.25, 0.3) is 5.95 Å². The fraction of sp³-hybridized carbons (Fsp3) is 0.750. The van der Waals surface area contributed by atoms with Gasteiger partial charge in [-0.05, 0) is 40.0 Å². The second kappa shape index (κ2) is 9.79. The van der Waals surface area contributed by atoms with Crippen molar-refractivity contribution < 1.29 is 9.15 Å². The minimum atomic E-state index is -0.365. The van der Waals surface area contributed by atoms with E-state index < -0.39 is 0 Å². The van der Waals surface area contributed by atoms with Gasteiger partial charge in [-0.15, -0.1) is 0 Å². The first-order valence-electron chi connectivity index (χ1n) is 9.22. The molecule has 0 aliphatic carbocycles. The lowest BCUT2D eigenvalue weighted by Gasteiger charge is -2.22. The Labute approximate surface area is 141 Å². The molecule has 0 fully saturated rings. The van der Waals surface area contributed by atoms with Crippen molar-refractivity contribution in [3.63, 3.8) is 0 Å². The average Bonchev–Trinajstić information content (AvgIpc) is 2.44. The predicted octanol–water partition coefficient (Wildman–Crippen LogP) is 5.67. The highest BCUT2D eigenvalue weighted by molar-refractivity contribution is 5.25. The minimum Gasteiger partial charge on any atom is -0.459 e. The van der Waals surface area contributed by atoms with Gasteiger partial charge in [-0.1, -0.05) is 46.0 Å². The van der Waals surface area contributed by atoms with Gasteiger partial charge in [-0.3, -0.25) is 4.79 Å². The summed E-state index contributed by atoms with van der Waals surface area (Å²) >= 11 is 0. The number of hydrogen-bond donors (Lipinski definition) is 0. The Kier molecular flexibility index (Phi) is 8.43. The molecule has 1 aromatic rings. The van der Waals surface area contributed by atoms with E-state index in [4.69, 9.17) is 9.15 Å². The van der Waals surface area contributed by atoms with Gasteiger partial charge in [0.15, 0.2) is 5.43 Å². The Morgan fingerprint density at radius 2 is 1.57 bits per heavy atom. The van der Waals surface area contributed by atoms with Gasteiger partial charge < -0.3 is 9.15 Å². The number of aryl methyl sites for hydroxylation is 1. The highest BCUT2D eigenvalue weighted by Gasteiger charge is 2.20. The summed E-state index contributed by atoms with van der Waals surface area (Å²) in [6.45, 7) is 10.3. The normalized spacial score (nSPS) is 11.7. The number of unbranched alkanes of at least 4 members (excludes halogenated alkanes) is 5. The van der Waals surface area contributed by atoms with E-state index in [9.17, 15) is 4.79 Å². The van der Waals surface area contributed by atoms with Crippen molar-refractivity contribution in [2.24, 2.45) is 0 Å². The van der Waals surface area contributed by atoms with Crippen molar-refractivity contribution in [2.75, 3.05) is 0 Å². The molecule has 0 atom stereocenters. The maximum atomic E-state index is 12.5. The molecule has 1 aromatic heterocycles. The van der Waals surface area contributed by atoms with Crippen LogP contribution in [-0.2, 0) is 12.8 Å². The standard InChI is InChI=1S/C20H34O3/c1-6-8-10-12-14-17-18(21)15-16(13-11-9-7-2)22-19(17)23-20(3,4)5/h15H,6-14H2,1-5H3. The highest BCUT2D eigenvalue weighted by atomic mass is 16.6. The number of ether oxygens (including phenoxy) is 1. The van der Waals surface area contributed by atoms with E-state index in [0.29, 0.717) is 11.5 Å². The molecule has 3 nitrogen and oxygen atoms in total. The lowest BCUT2D eigenvalue weighted by Crippen LogP contribution is -2.25. The van der Waals surface area contributed by atoms with Gasteiger partial charge in [0.1, 0.15) is 11.4 Å². The molecule has 0 saturated carbocycles. The number of hydrogen-bond acceptors (Lipinski definition) is 3. The second-order valence-corrected chi connectivity index (χ2v) is 7.33. The monoisotopic (exact) mass is 322 g/mol. The van der Waals surface area contributed by atoms with Crippen molar-refractivity contribution >= 4 is 0 Å². The molecule has 0 aliphatic rings. The zero-order valence-electron chi connectivity index (χ0n) is 15.7. The second-order valence-electron chi connectivity index (χ2n) is 7.33. The van der Waals surface area contributed by atoms with Crippen LogP contribution in [0.3, 0.4) is 0 Å². The smallest absolute Gasteiger partial charge is 0.292 e. The van der Waals surface area contributed by atoms with E-state index in [0.717, 1.165) is 50.7 Å². The maximum absolute atomic E-state index is 12.5. The SMILES string of the molecule is CCCCCCc1c(OC(C)(C)C)oc(CCCCC)cc1=O. The Morgan fingerprint density at radius 3 is 2.17 bits per heavy atom. The van der Waals surface area contributed by atoms with Crippen molar-refractivity contribution in [2.45, 2.75) is 98.0 Å². The summed E-state index contributed by atoms with van der Waals surface area (Å²) in [6.07, 6.45) is 9.44. The third-order valence-electron chi connectivity index (χ3n) is 3.77. The molecule has 0 amide bonds. The van der Waals surface area contributed by atoms with Crippen LogP contribution in [0, 0.1) is 0 Å². The van der Waals surface area contributed by atoms with Crippen molar-refractivity contribution in [1.82, 2.24) is 0 Å². The van der Waals surface area contributed by atoms with E-state index in [-0.39, 0.29) is 11.0 Å². The van der Waals surface area contributed by atoms with Crippen LogP contribution in [0.15, 0.2) is 15.3 Å². The molecule has 0 bridgehead atoms.